The van der Waals surface area contributed by atoms with Gasteiger partial charge in [0.05, 0.1) is 3.79 Å². The molecule has 0 atom stereocenters. The number of halogens is 1. The maximum atomic E-state index is 3.60. The molecule has 0 unspecified atom stereocenters. The minimum atomic E-state index is 0.903. The molecular formula is C15H18BrNS. The molecule has 0 spiro atoms. The van der Waals surface area contributed by atoms with Crippen LogP contribution in [-0.4, -0.2) is 0 Å². The van der Waals surface area contributed by atoms with E-state index in [0.717, 1.165) is 19.4 Å². The molecule has 1 aromatic carbocycles. The zero-order valence-electron chi connectivity index (χ0n) is 10.8. The number of benzene rings is 1. The van der Waals surface area contributed by atoms with Crippen LogP contribution < -0.4 is 5.32 Å². The van der Waals surface area contributed by atoms with Gasteiger partial charge in [-0.2, -0.15) is 0 Å². The highest BCUT2D eigenvalue weighted by Gasteiger charge is 2.06. The van der Waals surface area contributed by atoms with Gasteiger partial charge < -0.3 is 5.32 Å². The number of para-hydroxylation sites is 1. The van der Waals surface area contributed by atoms with E-state index in [9.17, 15) is 0 Å². The van der Waals surface area contributed by atoms with Crippen LogP contribution in [0.5, 0.6) is 0 Å². The third-order valence-corrected chi connectivity index (χ3v) is 4.69. The summed E-state index contributed by atoms with van der Waals surface area (Å²) >= 11 is 5.29. The Morgan fingerprint density at radius 3 is 2.22 bits per heavy atom. The van der Waals surface area contributed by atoms with E-state index in [0.29, 0.717) is 0 Å². The molecule has 1 nitrogen and oxygen atoms in total. The number of hydrogen-bond acceptors (Lipinski definition) is 2. The van der Waals surface area contributed by atoms with Gasteiger partial charge in [0.15, 0.2) is 0 Å². The fourth-order valence-electron chi connectivity index (χ4n) is 2.09. The molecule has 0 amide bonds. The smallest absolute Gasteiger partial charge is 0.0702 e. The third-order valence-electron chi connectivity index (χ3n) is 3.07. The van der Waals surface area contributed by atoms with Crippen molar-refractivity contribution in [1.29, 1.82) is 0 Å². The molecule has 0 saturated heterocycles. The second-order valence-electron chi connectivity index (χ2n) is 4.22. The zero-order valence-corrected chi connectivity index (χ0v) is 13.2. The molecule has 1 heterocycles. The van der Waals surface area contributed by atoms with Crippen LogP contribution in [0.3, 0.4) is 0 Å². The first-order valence-electron chi connectivity index (χ1n) is 6.33. The van der Waals surface area contributed by atoms with E-state index in [1.165, 1.54) is 25.5 Å². The molecule has 18 heavy (non-hydrogen) atoms. The Bertz CT molecular complexity index is 497. The van der Waals surface area contributed by atoms with E-state index >= 15 is 0 Å². The maximum absolute atomic E-state index is 3.60. The topological polar surface area (TPSA) is 12.0 Å². The molecule has 0 aliphatic carbocycles. The Labute approximate surface area is 121 Å². The fraction of sp³-hybridized carbons (Fsp3) is 0.333. The zero-order chi connectivity index (χ0) is 13.0. The number of rotatable bonds is 5. The molecule has 0 aliphatic heterocycles. The van der Waals surface area contributed by atoms with Crippen molar-refractivity contribution in [1.82, 2.24) is 0 Å². The normalized spacial score (nSPS) is 10.6. The molecular weight excluding hydrogens is 306 g/mol. The molecule has 3 heteroatoms. The average molecular weight is 324 g/mol. The molecule has 0 radical (unpaired) electrons. The minimum absolute atomic E-state index is 0.903. The first-order valence-corrected chi connectivity index (χ1v) is 7.94. The van der Waals surface area contributed by atoms with Crippen molar-refractivity contribution in [2.45, 2.75) is 33.2 Å². The van der Waals surface area contributed by atoms with Gasteiger partial charge in [0.25, 0.3) is 0 Å². The Hall–Kier alpha value is -0.800. The number of thiophene rings is 1. The van der Waals surface area contributed by atoms with Gasteiger partial charge in [-0.15, -0.1) is 11.3 Å². The van der Waals surface area contributed by atoms with Crippen molar-refractivity contribution in [2.75, 3.05) is 5.32 Å². The summed E-state index contributed by atoms with van der Waals surface area (Å²) in [7, 11) is 0. The lowest BCUT2D eigenvalue weighted by Crippen LogP contribution is -2.04. The summed E-state index contributed by atoms with van der Waals surface area (Å²) in [6.45, 7) is 5.32. The van der Waals surface area contributed by atoms with Crippen LogP contribution in [0.2, 0.25) is 0 Å². The van der Waals surface area contributed by atoms with Gasteiger partial charge in [-0.3, -0.25) is 0 Å². The Kier molecular flexibility index (Phi) is 4.84. The summed E-state index contributed by atoms with van der Waals surface area (Å²) in [6, 6.07) is 10.9. The van der Waals surface area contributed by atoms with Crippen molar-refractivity contribution < 1.29 is 0 Å². The second-order valence-corrected chi connectivity index (χ2v) is 6.77. The van der Waals surface area contributed by atoms with Gasteiger partial charge in [-0.05, 0) is 52.0 Å². The molecule has 1 aromatic heterocycles. The quantitative estimate of drug-likeness (QED) is 0.792. The van der Waals surface area contributed by atoms with Crippen molar-refractivity contribution >= 4 is 33.0 Å². The number of nitrogens with one attached hydrogen (secondary N) is 1. The Morgan fingerprint density at radius 1 is 1.06 bits per heavy atom. The van der Waals surface area contributed by atoms with E-state index < -0.39 is 0 Å². The first kappa shape index (κ1) is 13.6. The number of anilines is 1. The largest absolute Gasteiger partial charge is 0.380 e. The van der Waals surface area contributed by atoms with Crippen LogP contribution in [0.25, 0.3) is 0 Å². The summed E-state index contributed by atoms with van der Waals surface area (Å²) in [5, 5.41) is 3.60. The summed E-state index contributed by atoms with van der Waals surface area (Å²) in [5.74, 6) is 0. The van der Waals surface area contributed by atoms with E-state index in [-0.39, 0.29) is 0 Å². The van der Waals surface area contributed by atoms with E-state index in [4.69, 9.17) is 0 Å². The van der Waals surface area contributed by atoms with Gasteiger partial charge in [0.2, 0.25) is 0 Å². The lowest BCUT2D eigenvalue weighted by molar-refractivity contribution is 1.06. The van der Waals surface area contributed by atoms with Gasteiger partial charge in [0, 0.05) is 17.1 Å². The van der Waals surface area contributed by atoms with Crippen molar-refractivity contribution in [2.24, 2.45) is 0 Å². The minimum Gasteiger partial charge on any atom is -0.380 e. The van der Waals surface area contributed by atoms with Crippen LogP contribution >= 0.6 is 27.3 Å². The van der Waals surface area contributed by atoms with Gasteiger partial charge in [0.1, 0.15) is 0 Å². The highest BCUT2D eigenvalue weighted by Crippen LogP contribution is 2.26. The molecule has 0 aliphatic rings. The van der Waals surface area contributed by atoms with Crippen LogP contribution in [0.15, 0.2) is 34.1 Å². The molecule has 2 rings (SSSR count). The summed E-state index contributed by atoms with van der Waals surface area (Å²) in [5.41, 5.74) is 4.14. The van der Waals surface area contributed by atoms with E-state index in [1.807, 2.05) is 0 Å². The predicted molar refractivity (Wildman–Crippen MR) is 84.5 cm³/mol. The fourth-order valence-corrected chi connectivity index (χ4v) is 3.51. The van der Waals surface area contributed by atoms with Gasteiger partial charge >= 0.3 is 0 Å². The monoisotopic (exact) mass is 323 g/mol. The van der Waals surface area contributed by atoms with Crippen LogP contribution in [0.4, 0.5) is 5.69 Å². The number of hydrogen-bond donors (Lipinski definition) is 1. The summed E-state index contributed by atoms with van der Waals surface area (Å²) in [4.78, 5) is 1.36. The predicted octanol–water partition coefficient (Wildman–Crippen LogP) is 5.25. The first-order chi connectivity index (χ1) is 8.74. The van der Waals surface area contributed by atoms with Gasteiger partial charge in [-0.1, -0.05) is 32.0 Å². The van der Waals surface area contributed by atoms with Crippen LogP contribution in [0.1, 0.15) is 29.9 Å². The molecule has 0 bridgehead atoms. The van der Waals surface area contributed by atoms with E-state index in [2.05, 4.69) is 65.4 Å². The van der Waals surface area contributed by atoms with Crippen LogP contribution in [0, 0.1) is 0 Å². The second kappa shape index (κ2) is 6.39. The van der Waals surface area contributed by atoms with Crippen LogP contribution in [-0.2, 0) is 19.4 Å². The average Bonchev–Trinajstić information content (AvgIpc) is 2.81. The summed E-state index contributed by atoms with van der Waals surface area (Å²) < 4.78 is 1.19. The standard InChI is InChI=1S/C15H18BrNS/c1-3-11-6-5-7-12(4-2)15(11)17-10-13-8-9-14(16)18-13/h5-9,17H,3-4,10H2,1-2H3. The molecule has 0 fully saturated rings. The van der Waals surface area contributed by atoms with Crippen molar-refractivity contribution in [3.8, 4) is 0 Å². The summed E-state index contributed by atoms with van der Waals surface area (Å²) in [6.07, 6.45) is 2.15. The number of aryl methyl sites for hydroxylation is 2. The lowest BCUT2D eigenvalue weighted by atomic mass is 10.0. The third kappa shape index (κ3) is 3.15. The SMILES string of the molecule is CCc1cccc(CC)c1NCc1ccc(Br)s1. The molecule has 2 aromatic rings. The Balaban J connectivity index is 2.17. The highest BCUT2D eigenvalue weighted by atomic mass is 79.9. The molecule has 96 valence electrons. The lowest BCUT2D eigenvalue weighted by Gasteiger charge is -2.14. The van der Waals surface area contributed by atoms with Crippen molar-refractivity contribution in [3.05, 3.63) is 50.1 Å². The molecule has 1 N–H and O–H groups in total. The molecule has 0 saturated carbocycles. The highest BCUT2D eigenvalue weighted by molar-refractivity contribution is 9.11. The van der Waals surface area contributed by atoms with Crippen molar-refractivity contribution in [3.63, 3.8) is 0 Å². The maximum Gasteiger partial charge on any atom is 0.0702 e. The Morgan fingerprint density at radius 2 is 1.72 bits per heavy atom. The van der Waals surface area contributed by atoms with Gasteiger partial charge in [-0.25, -0.2) is 0 Å². The van der Waals surface area contributed by atoms with E-state index in [1.54, 1.807) is 11.3 Å².